The van der Waals surface area contributed by atoms with E-state index in [0.717, 1.165) is 0 Å². The van der Waals surface area contributed by atoms with Crippen LogP contribution in [0.15, 0.2) is 42.7 Å². The Morgan fingerprint density at radius 3 is 2.16 bits per heavy atom. The van der Waals surface area contributed by atoms with E-state index in [1.807, 2.05) is 0 Å². The molecule has 1 heterocycles. The first-order chi connectivity index (χ1) is 11.6. The summed E-state index contributed by atoms with van der Waals surface area (Å²) >= 11 is 0. The highest BCUT2D eigenvalue weighted by Crippen LogP contribution is 2.56. The summed E-state index contributed by atoms with van der Waals surface area (Å²) in [4.78, 5) is 8.10. The smallest absolute Gasteiger partial charge is 0.406 e. The lowest BCUT2D eigenvalue weighted by Crippen LogP contribution is -2.56. The van der Waals surface area contributed by atoms with Crippen molar-refractivity contribution in [2.75, 3.05) is 0 Å². The van der Waals surface area contributed by atoms with Crippen LogP contribution >= 0.6 is 0 Å². The van der Waals surface area contributed by atoms with Crippen molar-refractivity contribution in [1.29, 1.82) is 0 Å². The molecule has 1 aliphatic carbocycles. The maximum Gasteiger partial charge on any atom is 0.573 e. The largest absolute Gasteiger partial charge is 0.573 e. The highest BCUT2D eigenvalue weighted by Gasteiger charge is 2.57. The second kappa shape index (κ2) is 5.96. The summed E-state index contributed by atoms with van der Waals surface area (Å²) in [5, 5.41) is 21.0. The number of aromatic nitrogens is 2. The van der Waals surface area contributed by atoms with Gasteiger partial charge in [-0.05, 0) is 43.5 Å². The molecule has 0 bridgehead atoms. The van der Waals surface area contributed by atoms with E-state index in [2.05, 4.69) is 14.7 Å². The maximum atomic E-state index is 12.3. The lowest BCUT2D eigenvalue weighted by molar-refractivity contribution is -0.274. The van der Waals surface area contributed by atoms with Crippen molar-refractivity contribution in [2.45, 2.75) is 43.2 Å². The fraction of sp³-hybridized carbons (Fsp3) is 0.412. The quantitative estimate of drug-likeness (QED) is 0.883. The van der Waals surface area contributed by atoms with E-state index in [9.17, 15) is 23.4 Å². The number of rotatable bonds is 4. The molecule has 0 spiro atoms. The first-order valence-electron chi connectivity index (χ1n) is 7.65. The van der Waals surface area contributed by atoms with Crippen LogP contribution in [0.2, 0.25) is 0 Å². The average Bonchev–Trinajstić information content (AvgIpc) is 2.51. The van der Waals surface area contributed by atoms with E-state index in [-0.39, 0.29) is 24.4 Å². The van der Waals surface area contributed by atoms with Gasteiger partial charge in [0.25, 0.3) is 0 Å². The van der Waals surface area contributed by atoms with Crippen molar-refractivity contribution in [3.8, 4) is 5.75 Å². The van der Waals surface area contributed by atoms with Crippen molar-refractivity contribution in [2.24, 2.45) is 0 Å². The van der Waals surface area contributed by atoms with Gasteiger partial charge in [0.05, 0.1) is 5.60 Å². The maximum absolute atomic E-state index is 12.3. The Morgan fingerprint density at radius 1 is 1.12 bits per heavy atom. The van der Waals surface area contributed by atoms with E-state index >= 15 is 0 Å². The molecule has 1 saturated carbocycles. The molecule has 0 saturated heterocycles. The number of benzene rings is 1. The Kier molecular flexibility index (Phi) is 4.20. The Balaban J connectivity index is 1.92. The lowest BCUT2D eigenvalue weighted by Gasteiger charge is -2.54. The van der Waals surface area contributed by atoms with E-state index in [4.69, 9.17) is 0 Å². The summed E-state index contributed by atoms with van der Waals surface area (Å²) in [5.74, 6) is -0.142. The minimum Gasteiger partial charge on any atom is -0.406 e. The topological polar surface area (TPSA) is 75.5 Å². The van der Waals surface area contributed by atoms with Gasteiger partial charge in [-0.25, -0.2) is 9.97 Å². The standard InChI is InChI=1S/C17H17F3N2O3/c1-15(24)9-16(10-15,13(23)14-21-7-2-8-22-14)11-3-5-12(6-4-11)25-17(18,19)20/h2-8,13,23-24H,9-10H2,1H3/t13-,15-,16+/m0/s1. The molecular weight excluding hydrogens is 337 g/mol. The highest BCUT2D eigenvalue weighted by atomic mass is 19.4. The Morgan fingerprint density at radius 2 is 1.68 bits per heavy atom. The normalized spacial score (nSPS) is 27.4. The van der Waals surface area contributed by atoms with Crippen molar-refractivity contribution in [1.82, 2.24) is 9.97 Å². The minimum absolute atomic E-state index is 0.202. The third kappa shape index (κ3) is 3.59. The molecule has 1 fully saturated rings. The van der Waals surface area contributed by atoms with Gasteiger partial charge in [0, 0.05) is 17.8 Å². The third-order valence-corrected chi connectivity index (χ3v) is 4.41. The van der Waals surface area contributed by atoms with Crippen LogP contribution in [-0.2, 0) is 5.41 Å². The first kappa shape index (κ1) is 17.6. The van der Waals surface area contributed by atoms with Gasteiger partial charge in [0.15, 0.2) is 5.82 Å². The van der Waals surface area contributed by atoms with Crippen LogP contribution in [-0.4, -0.2) is 32.1 Å². The molecule has 2 aromatic rings. The molecule has 0 unspecified atom stereocenters. The van der Waals surface area contributed by atoms with Crippen molar-refractivity contribution in [3.63, 3.8) is 0 Å². The van der Waals surface area contributed by atoms with Gasteiger partial charge in [0.2, 0.25) is 0 Å². The van der Waals surface area contributed by atoms with Gasteiger partial charge in [-0.1, -0.05) is 12.1 Å². The molecule has 3 rings (SSSR count). The summed E-state index contributed by atoms with van der Waals surface area (Å²) in [6.07, 6.45) is -2.40. The second-order valence-electron chi connectivity index (χ2n) is 6.59. The fourth-order valence-corrected chi connectivity index (χ4v) is 3.55. The minimum atomic E-state index is -4.77. The zero-order chi connectivity index (χ0) is 18.3. The average molecular weight is 354 g/mol. The van der Waals surface area contributed by atoms with Crippen LogP contribution in [0, 0.1) is 0 Å². The molecule has 5 nitrogen and oxygen atoms in total. The predicted octanol–water partition coefficient (Wildman–Crippen LogP) is 2.89. The number of nitrogens with zero attached hydrogens (tertiary/aromatic N) is 2. The summed E-state index contributed by atoms with van der Waals surface area (Å²) < 4.78 is 40.7. The number of hydrogen-bond acceptors (Lipinski definition) is 5. The van der Waals surface area contributed by atoms with Crippen molar-refractivity contribution < 1.29 is 28.1 Å². The molecule has 1 aromatic heterocycles. The van der Waals surface area contributed by atoms with Gasteiger partial charge in [-0.2, -0.15) is 0 Å². The monoisotopic (exact) mass is 354 g/mol. The number of aliphatic hydroxyl groups excluding tert-OH is 1. The zero-order valence-corrected chi connectivity index (χ0v) is 13.4. The van der Waals surface area contributed by atoms with Crippen LogP contribution in [0.5, 0.6) is 5.75 Å². The van der Waals surface area contributed by atoms with Gasteiger partial charge in [-0.3, -0.25) is 0 Å². The van der Waals surface area contributed by atoms with Gasteiger partial charge < -0.3 is 14.9 Å². The number of hydrogen-bond donors (Lipinski definition) is 2. The lowest BCUT2D eigenvalue weighted by atomic mass is 9.54. The SMILES string of the molecule is C[C@]1(O)C[C@@](c2ccc(OC(F)(F)F)cc2)([C@@H](O)c2ncccn2)C1. The molecule has 1 atom stereocenters. The molecule has 0 amide bonds. The third-order valence-electron chi connectivity index (χ3n) is 4.41. The van der Waals surface area contributed by atoms with E-state index < -0.39 is 23.5 Å². The van der Waals surface area contributed by atoms with Crippen molar-refractivity contribution >= 4 is 0 Å². The number of alkyl halides is 3. The number of aliphatic hydroxyl groups is 2. The first-order valence-corrected chi connectivity index (χ1v) is 7.65. The van der Waals surface area contributed by atoms with Crippen molar-refractivity contribution in [3.05, 3.63) is 54.1 Å². The Bertz CT molecular complexity index is 725. The van der Waals surface area contributed by atoms with E-state index in [1.54, 1.807) is 13.0 Å². The molecule has 1 aliphatic rings. The molecule has 0 radical (unpaired) electrons. The molecule has 1 aromatic carbocycles. The molecule has 8 heteroatoms. The second-order valence-corrected chi connectivity index (χ2v) is 6.59. The summed E-state index contributed by atoms with van der Waals surface area (Å²) in [5.41, 5.74) is -1.26. The molecular formula is C17H17F3N2O3. The molecule has 134 valence electrons. The van der Waals surface area contributed by atoms with Crippen LogP contribution < -0.4 is 4.74 Å². The molecule has 2 N–H and O–H groups in total. The number of halogens is 3. The fourth-order valence-electron chi connectivity index (χ4n) is 3.55. The van der Waals surface area contributed by atoms with Gasteiger partial charge in [-0.15, -0.1) is 13.2 Å². The Hall–Kier alpha value is -2.19. The van der Waals surface area contributed by atoms with E-state index in [1.165, 1.54) is 36.7 Å². The van der Waals surface area contributed by atoms with Gasteiger partial charge in [0.1, 0.15) is 11.9 Å². The summed E-state index contributed by atoms with van der Waals surface area (Å²) in [6.45, 7) is 1.64. The van der Waals surface area contributed by atoms with E-state index in [0.29, 0.717) is 5.56 Å². The molecule has 0 aliphatic heterocycles. The number of ether oxygens (including phenoxy) is 1. The van der Waals surface area contributed by atoms with Crippen LogP contribution in [0.25, 0.3) is 0 Å². The van der Waals surface area contributed by atoms with Crippen LogP contribution in [0.4, 0.5) is 13.2 Å². The Labute approximate surface area is 142 Å². The van der Waals surface area contributed by atoms with Crippen LogP contribution in [0.1, 0.15) is 37.3 Å². The summed E-state index contributed by atoms with van der Waals surface area (Å²) in [7, 11) is 0. The zero-order valence-electron chi connectivity index (χ0n) is 13.4. The highest BCUT2D eigenvalue weighted by molar-refractivity contribution is 5.38. The molecule has 25 heavy (non-hydrogen) atoms. The predicted molar refractivity (Wildman–Crippen MR) is 81.7 cm³/mol. The van der Waals surface area contributed by atoms with Crippen LogP contribution in [0.3, 0.4) is 0 Å². The summed E-state index contributed by atoms with van der Waals surface area (Å²) in [6, 6.07) is 6.92. The van der Waals surface area contributed by atoms with Gasteiger partial charge >= 0.3 is 6.36 Å².